The predicted octanol–water partition coefficient (Wildman–Crippen LogP) is 4.43. The molecule has 1 heterocycles. The number of carbonyl (C=O) groups is 1. The van der Waals surface area contributed by atoms with E-state index in [0.29, 0.717) is 24.3 Å². The lowest BCUT2D eigenvalue weighted by molar-refractivity contribution is -0.118. The highest BCUT2D eigenvalue weighted by molar-refractivity contribution is 7.92. The van der Waals surface area contributed by atoms with Gasteiger partial charge in [0.25, 0.3) is 15.9 Å². The monoisotopic (exact) mass is 456 g/mol. The maximum Gasteiger partial charge on any atom is 0.263 e. The smallest absolute Gasteiger partial charge is 0.263 e. The second-order valence-corrected chi connectivity index (χ2v) is 10.1. The van der Waals surface area contributed by atoms with Crippen molar-refractivity contribution in [3.05, 3.63) is 58.1 Å². The number of halogens is 2. The Balaban J connectivity index is 1.76. The van der Waals surface area contributed by atoms with Crippen LogP contribution in [0.25, 0.3) is 0 Å². The van der Waals surface area contributed by atoms with Gasteiger partial charge in [0.05, 0.1) is 16.7 Å². The van der Waals surface area contributed by atoms with Gasteiger partial charge in [-0.25, -0.2) is 8.42 Å². The van der Waals surface area contributed by atoms with Gasteiger partial charge in [-0.05, 0) is 63.2 Å². The molecule has 29 heavy (non-hydrogen) atoms. The number of amides is 1. The first kappa shape index (κ1) is 21.9. The second-order valence-electron chi connectivity index (χ2n) is 7.63. The first-order chi connectivity index (χ1) is 13.5. The Morgan fingerprint density at radius 3 is 2.45 bits per heavy atom. The number of hydrogen-bond acceptors (Lipinski definition) is 4. The first-order valence-corrected chi connectivity index (χ1v) is 11.3. The molecule has 0 aliphatic carbocycles. The normalized spacial score (nSPS) is 19.1. The van der Waals surface area contributed by atoms with Gasteiger partial charge in [-0.2, -0.15) is 0 Å². The number of hydrogen-bond donors (Lipinski definition) is 1. The molecule has 1 aliphatic heterocycles. The molecule has 0 aromatic heterocycles. The Morgan fingerprint density at radius 2 is 1.83 bits per heavy atom. The lowest BCUT2D eigenvalue weighted by Gasteiger charge is -2.41. The zero-order chi connectivity index (χ0) is 21.4. The lowest BCUT2D eigenvalue weighted by atomic mass is 10.0. The SMILES string of the molecule is CC1CN(C(=O)c2ccc(NS(=O)(=O)c3cc(Cl)ccc3Cl)cc2)CC(C)(C)O1. The van der Waals surface area contributed by atoms with Crippen LogP contribution in [0, 0.1) is 0 Å². The highest BCUT2D eigenvalue weighted by Crippen LogP contribution is 2.27. The summed E-state index contributed by atoms with van der Waals surface area (Å²) in [5.74, 6) is -0.125. The van der Waals surface area contributed by atoms with E-state index in [2.05, 4.69) is 4.72 Å². The molecule has 2 aromatic rings. The summed E-state index contributed by atoms with van der Waals surface area (Å²) in [5.41, 5.74) is 0.367. The van der Waals surface area contributed by atoms with E-state index in [9.17, 15) is 13.2 Å². The number of sulfonamides is 1. The molecular weight excluding hydrogens is 435 g/mol. The molecule has 9 heteroatoms. The van der Waals surface area contributed by atoms with E-state index in [0.717, 1.165) is 0 Å². The highest BCUT2D eigenvalue weighted by atomic mass is 35.5. The molecule has 1 atom stereocenters. The summed E-state index contributed by atoms with van der Waals surface area (Å²) < 4.78 is 33.5. The van der Waals surface area contributed by atoms with Gasteiger partial charge in [-0.3, -0.25) is 9.52 Å². The van der Waals surface area contributed by atoms with E-state index in [-0.39, 0.29) is 27.0 Å². The number of anilines is 1. The van der Waals surface area contributed by atoms with Crippen molar-refractivity contribution in [2.45, 2.75) is 37.4 Å². The van der Waals surface area contributed by atoms with Gasteiger partial charge < -0.3 is 9.64 Å². The third kappa shape index (κ3) is 5.22. The standard InChI is InChI=1S/C20H22Cl2N2O4S/c1-13-11-24(12-20(2,3)28-13)19(25)14-4-7-16(8-5-14)23-29(26,27)18-10-15(21)6-9-17(18)22/h4-10,13,23H,11-12H2,1-3H3. The van der Waals surface area contributed by atoms with Gasteiger partial charge in [0, 0.05) is 29.4 Å². The van der Waals surface area contributed by atoms with Crippen LogP contribution in [0.15, 0.2) is 47.4 Å². The third-order valence-corrected chi connectivity index (χ3v) is 6.52. The van der Waals surface area contributed by atoms with Crippen molar-refractivity contribution in [3.8, 4) is 0 Å². The number of benzene rings is 2. The van der Waals surface area contributed by atoms with Crippen molar-refractivity contribution in [3.63, 3.8) is 0 Å². The summed E-state index contributed by atoms with van der Waals surface area (Å²) in [4.78, 5) is 14.5. The quantitative estimate of drug-likeness (QED) is 0.737. The van der Waals surface area contributed by atoms with Crippen LogP contribution < -0.4 is 4.72 Å². The van der Waals surface area contributed by atoms with Crippen molar-refractivity contribution in [1.82, 2.24) is 4.90 Å². The van der Waals surface area contributed by atoms with Crippen molar-refractivity contribution in [2.75, 3.05) is 17.8 Å². The van der Waals surface area contributed by atoms with Gasteiger partial charge >= 0.3 is 0 Å². The summed E-state index contributed by atoms with van der Waals surface area (Å²) in [6, 6.07) is 10.5. The highest BCUT2D eigenvalue weighted by Gasteiger charge is 2.34. The minimum absolute atomic E-state index is 0.0590. The Morgan fingerprint density at radius 1 is 1.17 bits per heavy atom. The molecule has 1 fully saturated rings. The molecule has 6 nitrogen and oxygen atoms in total. The Kier molecular flexibility index (Phi) is 6.15. The van der Waals surface area contributed by atoms with E-state index in [1.54, 1.807) is 17.0 Å². The molecule has 0 radical (unpaired) electrons. The van der Waals surface area contributed by atoms with Crippen molar-refractivity contribution in [2.24, 2.45) is 0 Å². The number of nitrogens with one attached hydrogen (secondary N) is 1. The average molecular weight is 457 g/mol. The molecular formula is C20H22Cl2N2O4S. The van der Waals surface area contributed by atoms with E-state index < -0.39 is 15.6 Å². The van der Waals surface area contributed by atoms with E-state index in [1.807, 2.05) is 20.8 Å². The van der Waals surface area contributed by atoms with E-state index in [4.69, 9.17) is 27.9 Å². The van der Waals surface area contributed by atoms with Gasteiger partial charge in [-0.1, -0.05) is 23.2 Å². The van der Waals surface area contributed by atoms with Crippen LogP contribution in [0.5, 0.6) is 0 Å². The van der Waals surface area contributed by atoms with Crippen LogP contribution in [0.4, 0.5) is 5.69 Å². The molecule has 1 amide bonds. The molecule has 0 bridgehead atoms. The minimum Gasteiger partial charge on any atom is -0.369 e. The molecule has 1 aliphatic rings. The van der Waals surface area contributed by atoms with Crippen LogP contribution in [-0.2, 0) is 14.8 Å². The molecule has 156 valence electrons. The zero-order valence-corrected chi connectivity index (χ0v) is 18.6. The topological polar surface area (TPSA) is 75.7 Å². The van der Waals surface area contributed by atoms with Crippen LogP contribution in [0.1, 0.15) is 31.1 Å². The zero-order valence-electron chi connectivity index (χ0n) is 16.3. The fourth-order valence-corrected chi connectivity index (χ4v) is 5.19. The van der Waals surface area contributed by atoms with Gasteiger partial charge in [0.1, 0.15) is 4.90 Å². The maximum absolute atomic E-state index is 12.8. The summed E-state index contributed by atoms with van der Waals surface area (Å²) >= 11 is 11.9. The number of ether oxygens (including phenoxy) is 1. The summed E-state index contributed by atoms with van der Waals surface area (Å²) in [7, 11) is -3.92. The Labute approximate surface area is 180 Å². The predicted molar refractivity (Wildman–Crippen MR) is 114 cm³/mol. The summed E-state index contributed by atoms with van der Waals surface area (Å²) in [5, 5.41) is 0.330. The fraction of sp³-hybridized carbons (Fsp3) is 0.350. The van der Waals surface area contributed by atoms with Crippen molar-refractivity contribution in [1.29, 1.82) is 0 Å². The number of carbonyl (C=O) groups excluding carboxylic acids is 1. The average Bonchev–Trinajstić information content (AvgIpc) is 2.61. The first-order valence-electron chi connectivity index (χ1n) is 9.02. The molecule has 2 aromatic carbocycles. The number of rotatable bonds is 4. The van der Waals surface area contributed by atoms with Crippen LogP contribution in [-0.4, -0.2) is 44.0 Å². The summed E-state index contributed by atoms with van der Waals surface area (Å²) in [6.07, 6.45) is -0.0590. The van der Waals surface area contributed by atoms with Gasteiger partial charge in [0.15, 0.2) is 0 Å². The largest absolute Gasteiger partial charge is 0.369 e. The van der Waals surface area contributed by atoms with Crippen molar-refractivity contribution < 1.29 is 17.9 Å². The molecule has 1 unspecified atom stereocenters. The molecule has 3 rings (SSSR count). The molecule has 0 saturated carbocycles. The molecule has 1 N–H and O–H groups in total. The minimum atomic E-state index is -3.92. The summed E-state index contributed by atoms with van der Waals surface area (Å²) in [6.45, 7) is 6.81. The molecule has 0 spiro atoms. The van der Waals surface area contributed by atoms with E-state index >= 15 is 0 Å². The Bertz CT molecular complexity index is 1020. The second kappa shape index (κ2) is 8.14. The maximum atomic E-state index is 12.8. The number of morpholine rings is 1. The van der Waals surface area contributed by atoms with Gasteiger partial charge in [0.2, 0.25) is 0 Å². The van der Waals surface area contributed by atoms with E-state index in [1.165, 1.54) is 30.3 Å². The van der Waals surface area contributed by atoms with Gasteiger partial charge in [-0.15, -0.1) is 0 Å². The Hall–Kier alpha value is -1.80. The molecule has 1 saturated heterocycles. The van der Waals surface area contributed by atoms with Crippen molar-refractivity contribution >= 4 is 44.8 Å². The third-order valence-electron chi connectivity index (χ3n) is 4.42. The van der Waals surface area contributed by atoms with Crippen LogP contribution in [0.3, 0.4) is 0 Å². The van der Waals surface area contributed by atoms with Crippen LogP contribution in [0.2, 0.25) is 10.0 Å². The lowest BCUT2D eigenvalue weighted by Crippen LogP contribution is -2.53. The number of nitrogens with zero attached hydrogens (tertiary/aromatic N) is 1. The fourth-order valence-electron chi connectivity index (χ4n) is 3.37. The van der Waals surface area contributed by atoms with Crippen LogP contribution >= 0.6 is 23.2 Å².